The predicted octanol–water partition coefficient (Wildman–Crippen LogP) is 0.637. The normalized spacial score (nSPS) is 11.4. The van der Waals surface area contributed by atoms with E-state index in [9.17, 15) is 0 Å². The third kappa shape index (κ3) is 1.75. The van der Waals surface area contributed by atoms with Crippen molar-refractivity contribution in [2.45, 2.75) is 0 Å². The third-order valence-electron chi connectivity index (χ3n) is 2.98. The standard InChI is InChI=1S/C14H10N4Se/c1-3-7-17-11(5-1)15-9-13(17)19-14-10-16-12-6-2-4-8-18(12)14/h1-10H. The van der Waals surface area contributed by atoms with E-state index >= 15 is 0 Å². The molecule has 0 atom stereocenters. The Bertz CT molecular complexity index is 790. The molecule has 0 amide bonds. The number of nitrogens with zero attached hydrogens (tertiary/aromatic N) is 4. The van der Waals surface area contributed by atoms with Crippen LogP contribution in [-0.4, -0.2) is 33.7 Å². The molecule has 0 N–H and O–H groups in total. The van der Waals surface area contributed by atoms with Gasteiger partial charge in [0.15, 0.2) is 0 Å². The first-order chi connectivity index (χ1) is 9.42. The van der Waals surface area contributed by atoms with E-state index in [2.05, 4.69) is 31.2 Å². The summed E-state index contributed by atoms with van der Waals surface area (Å²) in [5.41, 5.74) is 1.99. The van der Waals surface area contributed by atoms with Gasteiger partial charge in [0.2, 0.25) is 0 Å². The Balaban J connectivity index is 1.82. The van der Waals surface area contributed by atoms with Crippen LogP contribution in [0.25, 0.3) is 11.3 Å². The van der Waals surface area contributed by atoms with Crippen LogP contribution >= 0.6 is 0 Å². The monoisotopic (exact) mass is 314 g/mol. The molecule has 0 saturated carbocycles. The van der Waals surface area contributed by atoms with Gasteiger partial charge in [0, 0.05) is 0 Å². The van der Waals surface area contributed by atoms with Gasteiger partial charge in [0.1, 0.15) is 0 Å². The first kappa shape index (κ1) is 10.8. The Morgan fingerprint density at radius 3 is 1.79 bits per heavy atom. The molecular weight excluding hydrogens is 303 g/mol. The minimum absolute atomic E-state index is 0.182. The zero-order chi connectivity index (χ0) is 12.7. The van der Waals surface area contributed by atoms with E-state index < -0.39 is 0 Å². The van der Waals surface area contributed by atoms with Crippen LogP contribution < -0.4 is 9.18 Å². The molecule has 19 heavy (non-hydrogen) atoms. The molecule has 0 saturated heterocycles. The van der Waals surface area contributed by atoms with Crippen molar-refractivity contribution in [3.8, 4) is 0 Å². The Kier molecular flexibility index (Phi) is 2.40. The summed E-state index contributed by atoms with van der Waals surface area (Å²) < 4.78 is 6.74. The van der Waals surface area contributed by atoms with Crippen LogP contribution in [0.3, 0.4) is 0 Å². The van der Waals surface area contributed by atoms with Crippen molar-refractivity contribution in [1.82, 2.24) is 18.8 Å². The van der Waals surface area contributed by atoms with E-state index in [4.69, 9.17) is 0 Å². The van der Waals surface area contributed by atoms with Gasteiger partial charge in [0.05, 0.1) is 0 Å². The number of fused-ring (bicyclic) bond motifs is 2. The summed E-state index contributed by atoms with van der Waals surface area (Å²) >= 11 is 0.182. The fraction of sp³-hybridized carbons (Fsp3) is 0. The quantitative estimate of drug-likeness (QED) is 0.509. The van der Waals surface area contributed by atoms with E-state index in [1.807, 2.05) is 48.8 Å². The SMILES string of the molecule is c1ccn2c([Se]c3cnc4ccccn34)cnc2c1. The average molecular weight is 313 g/mol. The molecule has 5 heteroatoms. The first-order valence-corrected chi connectivity index (χ1v) is 7.65. The Hall–Kier alpha value is -2.10. The zero-order valence-corrected chi connectivity index (χ0v) is 11.7. The van der Waals surface area contributed by atoms with Crippen LogP contribution in [0.2, 0.25) is 0 Å². The van der Waals surface area contributed by atoms with Crippen LogP contribution in [0, 0.1) is 0 Å². The van der Waals surface area contributed by atoms with Crippen molar-refractivity contribution >= 4 is 35.4 Å². The third-order valence-corrected chi connectivity index (χ3v) is 5.12. The maximum atomic E-state index is 4.43. The fourth-order valence-electron chi connectivity index (χ4n) is 2.08. The van der Waals surface area contributed by atoms with Gasteiger partial charge in [-0.2, -0.15) is 0 Å². The molecule has 4 nitrogen and oxygen atoms in total. The van der Waals surface area contributed by atoms with E-state index in [1.54, 1.807) is 0 Å². The molecular formula is C14H10N4Se. The molecule has 0 fully saturated rings. The molecule has 0 aliphatic heterocycles. The second-order valence-electron chi connectivity index (χ2n) is 4.15. The molecule has 0 aliphatic carbocycles. The van der Waals surface area contributed by atoms with Crippen molar-refractivity contribution in [3.63, 3.8) is 0 Å². The van der Waals surface area contributed by atoms with Gasteiger partial charge in [-0.25, -0.2) is 0 Å². The van der Waals surface area contributed by atoms with Crippen molar-refractivity contribution in [2.75, 3.05) is 0 Å². The van der Waals surface area contributed by atoms with Gasteiger partial charge in [-0.15, -0.1) is 0 Å². The van der Waals surface area contributed by atoms with Gasteiger partial charge >= 0.3 is 115 Å². The average Bonchev–Trinajstić information content (AvgIpc) is 3.05. The Morgan fingerprint density at radius 1 is 0.737 bits per heavy atom. The predicted molar refractivity (Wildman–Crippen MR) is 75.4 cm³/mol. The van der Waals surface area contributed by atoms with E-state index in [-0.39, 0.29) is 15.0 Å². The van der Waals surface area contributed by atoms with Crippen LogP contribution in [0.15, 0.2) is 61.2 Å². The second-order valence-corrected chi connectivity index (χ2v) is 6.34. The molecule has 4 aromatic rings. The molecule has 0 spiro atoms. The Labute approximate surface area is 115 Å². The van der Waals surface area contributed by atoms with Gasteiger partial charge in [0.25, 0.3) is 0 Å². The summed E-state index contributed by atoms with van der Waals surface area (Å²) in [4.78, 5) is 8.86. The Morgan fingerprint density at radius 2 is 1.26 bits per heavy atom. The van der Waals surface area contributed by atoms with Crippen molar-refractivity contribution < 1.29 is 0 Å². The zero-order valence-electron chi connectivity index (χ0n) is 9.97. The molecule has 0 aliphatic rings. The summed E-state index contributed by atoms with van der Waals surface area (Å²) in [6.07, 6.45) is 8.03. The number of pyridine rings is 2. The molecule has 92 valence electrons. The summed E-state index contributed by atoms with van der Waals surface area (Å²) in [5.74, 6) is 0. The number of hydrogen-bond acceptors (Lipinski definition) is 2. The molecule has 4 aromatic heterocycles. The van der Waals surface area contributed by atoms with E-state index in [0.29, 0.717) is 0 Å². The number of rotatable bonds is 2. The van der Waals surface area contributed by atoms with Gasteiger partial charge < -0.3 is 0 Å². The van der Waals surface area contributed by atoms with Crippen molar-refractivity contribution in [2.24, 2.45) is 0 Å². The number of aromatic nitrogens is 4. The molecule has 4 rings (SSSR count). The van der Waals surface area contributed by atoms with Crippen LogP contribution in [0.4, 0.5) is 0 Å². The molecule has 0 bridgehead atoms. The van der Waals surface area contributed by atoms with E-state index in [0.717, 1.165) is 11.3 Å². The summed E-state index contributed by atoms with van der Waals surface area (Å²) in [7, 11) is 0. The first-order valence-electron chi connectivity index (χ1n) is 5.94. The second kappa shape index (κ2) is 4.23. The van der Waals surface area contributed by atoms with Gasteiger partial charge in [-0.05, 0) is 0 Å². The summed E-state index contributed by atoms with van der Waals surface area (Å²) in [6, 6.07) is 12.1. The fourth-order valence-corrected chi connectivity index (χ4v) is 4.03. The van der Waals surface area contributed by atoms with Gasteiger partial charge in [-0.1, -0.05) is 0 Å². The molecule has 0 unspecified atom stereocenters. The summed E-state index contributed by atoms with van der Waals surface area (Å²) in [6.45, 7) is 0. The molecule has 0 aromatic carbocycles. The van der Waals surface area contributed by atoms with Gasteiger partial charge in [-0.3, -0.25) is 0 Å². The molecule has 0 radical (unpaired) electrons. The number of hydrogen-bond donors (Lipinski definition) is 0. The van der Waals surface area contributed by atoms with Crippen molar-refractivity contribution in [1.29, 1.82) is 0 Å². The summed E-state index contributed by atoms with van der Waals surface area (Å²) in [5, 5.41) is 0. The maximum absolute atomic E-state index is 4.43. The van der Waals surface area contributed by atoms with Crippen LogP contribution in [0.1, 0.15) is 0 Å². The van der Waals surface area contributed by atoms with E-state index in [1.165, 1.54) is 9.18 Å². The van der Waals surface area contributed by atoms with Crippen LogP contribution in [-0.2, 0) is 0 Å². The minimum atomic E-state index is 0.182. The van der Waals surface area contributed by atoms with Crippen LogP contribution in [0.5, 0.6) is 0 Å². The van der Waals surface area contributed by atoms with Crippen molar-refractivity contribution in [3.05, 3.63) is 61.2 Å². The topological polar surface area (TPSA) is 34.6 Å². The molecule has 4 heterocycles. The number of imidazole rings is 2.